The highest BCUT2D eigenvalue weighted by atomic mass is 16.6. The minimum absolute atomic E-state index is 0.0959. The Morgan fingerprint density at radius 2 is 0.672 bits per heavy atom. The Hall–Kier alpha value is -3.41. The Bertz CT molecular complexity index is 1160. The van der Waals surface area contributed by atoms with E-state index in [0.29, 0.717) is 19.3 Å². The number of hydrogen-bond acceptors (Lipinski definition) is 6. The first-order valence-electron chi connectivity index (χ1n) is 23.7. The van der Waals surface area contributed by atoms with Crippen molar-refractivity contribution < 1.29 is 28.6 Å². The highest BCUT2D eigenvalue weighted by Gasteiger charge is 2.19. The molecule has 6 heteroatoms. The Kier molecular flexibility index (Phi) is 43.6. The van der Waals surface area contributed by atoms with Crippen LogP contribution in [0, 0.1) is 0 Å². The van der Waals surface area contributed by atoms with Crippen LogP contribution in [-0.2, 0) is 28.6 Å². The van der Waals surface area contributed by atoms with E-state index in [-0.39, 0.29) is 37.5 Å². The van der Waals surface area contributed by atoms with Gasteiger partial charge in [0.1, 0.15) is 13.2 Å². The molecule has 58 heavy (non-hydrogen) atoms. The van der Waals surface area contributed by atoms with Crippen molar-refractivity contribution in [3.8, 4) is 0 Å². The molecule has 1 atom stereocenters. The fraction of sp³-hybridized carbons (Fsp3) is 0.673. The van der Waals surface area contributed by atoms with Crippen LogP contribution in [0.15, 0.2) is 85.1 Å². The molecular weight excluding hydrogens is 721 g/mol. The van der Waals surface area contributed by atoms with E-state index in [4.69, 9.17) is 14.2 Å². The van der Waals surface area contributed by atoms with Gasteiger partial charge >= 0.3 is 17.9 Å². The minimum Gasteiger partial charge on any atom is -0.462 e. The van der Waals surface area contributed by atoms with Crippen LogP contribution < -0.4 is 0 Å². The number of carbonyl (C=O) groups excluding carboxylic acids is 3. The molecule has 0 heterocycles. The molecule has 0 saturated carbocycles. The summed E-state index contributed by atoms with van der Waals surface area (Å²) in [6.07, 6.45) is 58.5. The standard InChI is InChI=1S/C52H86O6/c1-4-7-10-13-16-19-22-25-26-28-30-33-36-39-42-45-51(54)57-48-49(47-56-50(53)44-41-38-35-32-29-24-21-18-15-12-9-6-3)58-52(55)46-43-40-37-34-31-27-23-20-17-14-11-8-5-2/h7-8,10-11,13-14,16-17,19-20,22-23,27,31,49H,4-6,9,12,15,18,21,24-26,28-30,32-48H2,1-3H3/b10-7-,11-8-,16-13-,17-14-,22-19-,23-20-,31-27-. The molecular formula is C52H86O6. The molecule has 6 nitrogen and oxygen atoms in total. The molecule has 0 radical (unpaired) electrons. The van der Waals surface area contributed by atoms with Crippen molar-refractivity contribution in [2.75, 3.05) is 13.2 Å². The average Bonchev–Trinajstić information content (AvgIpc) is 3.22. The minimum atomic E-state index is -0.799. The molecule has 0 rings (SSSR count). The summed E-state index contributed by atoms with van der Waals surface area (Å²) in [6.45, 7) is 6.30. The molecule has 0 N–H and O–H groups in total. The van der Waals surface area contributed by atoms with Gasteiger partial charge in [0.2, 0.25) is 0 Å². The van der Waals surface area contributed by atoms with Crippen molar-refractivity contribution in [3.63, 3.8) is 0 Å². The van der Waals surface area contributed by atoms with Gasteiger partial charge in [-0.25, -0.2) is 0 Å². The van der Waals surface area contributed by atoms with Gasteiger partial charge in [-0.3, -0.25) is 14.4 Å². The molecule has 0 aromatic carbocycles. The molecule has 0 bridgehead atoms. The van der Waals surface area contributed by atoms with Gasteiger partial charge in [-0.05, 0) is 57.8 Å². The lowest BCUT2D eigenvalue weighted by molar-refractivity contribution is -0.167. The summed E-state index contributed by atoms with van der Waals surface area (Å²) >= 11 is 0. The summed E-state index contributed by atoms with van der Waals surface area (Å²) in [4.78, 5) is 37.8. The fourth-order valence-corrected chi connectivity index (χ4v) is 6.27. The smallest absolute Gasteiger partial charge is 0.306 e. The summed E-state index contributed by atoms with van der Waals surface area (Å²) in [6, 6.07) is 0. The second kappa shape index (κ2) is 46.3. The van der Waals surface area contributed by atoms with Crippen LogP contribution in [0.4, 0.5) is 0 Å². The zero-order chi connectivity index (χ0) is 42.3. The lowest BCUT2D eigenvalue weighted by Gasteiger charge is -2.18. The predicted octanol–water partition coefficient (Wildman–Crippen LogP) is 15.3. The highest BCUT2D eigenvalue weighted by molar-refractivity contribution is 5.71. The number of hydrogen-bond donors (Lipinski definition) is 0. The topological polar surface area (TPSA) is 78.9 Å². The number of carbonyl (C=O) groups is 3. The zero-order valence-electron chi connectivity index (χ0n) is 37.5. The summed E-state index contributed by atoms with van der Waals surface area (Å²) in [5.41, 5.74) is 0. The second-order valence-corrected chi connectivity index (χ2v) is 15.4. The van der Waals surface area contributed by atoms with Crippen LogP contribution >= 0.6 is 0 Å². The van der Waals surface area contributed by atoms with Gasteiger partial charge in [0.05, 0.1) is 0 Å². The van der Waals surface area contributed by atoms with E-state index in [1.54, 1.807) is 0 Å². The first kappa shape index (κ1) is 54.6. The molecule has 330 valence electrons. The third-order valence-corrected chi connectivity index (χ3v) is 9.80. The quantitative estimate of drug-likeness (QED) is 0.0265. The van der Waals surface area contributed by atoms with E-state index in [1.807, 2.05) is 36.5 Å². The molecule has 0 aliphatic heterocycles. The van der Waals surface area contributed by atoms with Gasteiger partial charge in [-0.1, -0.05) is 215 Å². The largest absolute Gasteiger partial charge is 0.462 e. The molecule has 0 aromatic heterocycles. The van der Waals surface area contributed by atoms with Crippen molar-refractivity contribution in [1.82, 2.24) is 0 Å². The van der Waals surface area contributed by atoms with Crippen LogP contribution in [-0.4, -0.2) is 37.2 Å². The van der Waals surface area contributed by atoms with E-state index >= 15 is 0 Å². The second-order valence-electron chi connectivity index (χ2n) is 15.4. The summed E-state index contributed by atoms with van der Waals surface area (Å²) < 4.78 is 16.7. The molecule has 0 amide bonds. The van der Waals surface area contributed by atoms with Gasteiger partial charge in [0.15, 0.2) is 6.10 Å². The van der Waals surface area contributed by atoms with Crippen LogP contribution in [0.5, 0.6) is 0 Å². The molecule has 0 saturated heterocycles. The average molecular weight is 807 g/mol. The van der Waals surface area contributed by atoms with Crippen LogP contribution in [0.2, 0.25) is 0 Å². The Morgan fingerprint density at radius 1 is 0.362 bits per heavy atom. The van der Waals surface area contributed by atoms with E-state index in [9.17, 15) is 14.4 Å². The SMILES string of the molecule is CC\C=C/C=C\C=C/C=C\CCCCCC(=O)OC(COC(=O)CCCCCCCCC\C=C/C=C\C=C/CC)COC(=O)CCCCCCCCCCCCCC. The third kappa shape index (κ3) is 43.7. The van der Waals surface area contributed by atoms with Gasteiger partial charge in [-0.15, -0.1) is 0 Å². The molecule has 0 aromatic rings. The van der Waals surface area contributed by atoms with Crippen LogP contribution in [0.3, 0.4) is 0 Å². The lowest BCUT2D eigenvalue weighted by atomic mass is 10.0. The van der Waals surface area contributed by atoms with E-state index in [0.717, 1.165) is 77.0 Å². The third-order valence-electron chi connectivity index (χ3n) is 9.80. The fourth-order valence-electron chi connectivity index (χ4n) is 6.27. The predicted molar refractivity (Wildman–Crippen MR) is 247 cm³/mol. The molecule has 0 aliphatic carbocycles. The Labute approximate surface area is 356 Å². The summed E-state index contributed by atoms with van der Waals surface area (Å²) in [5, 5.41) is 0. The number of rotatable bonds is 41. The summed E-state index contributed by atoms with van der Waals surface area (Å²) in [7, 11) is 0. The maximum absolute atomic E-state index is 12.7. The lowest BCUT2D eigenvalue weighted by Crippen LogP contribution is -2.30. The maximum Gasteiger partial charge on any atom is 0.306 e. The van der Waals surface area contributed by atoms with Gasteiger partial charge in [0, 0.05) is 19.3 Å². The Balaban J connectivity index is 4.46. The highest BCUT2D eigenvalue weighted by Crippen LogP contribution is 2.14. The van der Waals surface area contributed by atoms with Gasteiger partial charge < -0.3 is 14.2 Å². The van der Waals surface area contributed by atoms with Crippen LogP contribution in [0.25, 0.3) is 0 Å². The maximum atomic E-state index is 12.7. The van der Waals surface area contributed by atoms with E-state index in [1.165, 1.54) is 83.5 Å². The van der Waals surface area contributed by atoms with Crippen molar-refractivity contribution >= 4 is 17.9 Å². The molecule has 1 unspecified atom stereocenters. The van der Waals surface area contributed by atoms with Crippen molar-refractivity contribution in [2.24, 2.45) is 0 Å². The molecule has 0 spiro atoms. The van der Waals surface area contributed by atoms with Crippen molar-refractivity contribution in [2.45, 2.75) is 213 Å². The number of ether oxygens (including phenoxy) is 3. The Morgan fingerprint density at radius 3 is 1.07 bits per heavy atom. The van der Waals surface area contributed by atoms with Crippen molar-refractivity contribution in [1.29, 1.82) is 0 Å². The van der Waals surface area contributed by atoms with Gasteiger partial charge in [-0.2, -0.15) is 0 Å². The van der Waals surface area contributed by atoms with E-state index < -0.39 is 6.10 Å². The normalized spacial score (nSPS) is 12.8. The number of unbranched alkanes of at least 4 members (excludes halogenated alkanes) is 21. The first-order valence-corrected chi connectivity index (χ1v) is 23.7. The summed E-state index contributed by atoms with van der Waals surface area (Å²) in [5.74, 6) is -0.953. The monoisotopic (exact) mass is 807 g/mol. The number of esters is 3. The molecule has 0 fully saturated rings. The van der Waals surface area contributed by atoms with Gasteiger partial charge in [0.25, 0.3) is 0 Å². The zero-order valence-corrected chi connectivity index (χ0v) is 37.5. The van der Waals surface area contributed by atoms with Crippen LogP contribution in [0.1, 0.15) is 207 Å². The first-order chi connectivity index (χ1) is 28.5. The van der Waals surface area contributed by atoms with Crippen molar-refractivity contribution in [3.05, 3.63) is 85.1 Å². The van der Waals surface area contributed by atoms with E-state index in [2.05, 4.69) is 69.4 Å². The molecule has 0 aliphatic rings. The number of allylic oxidation sites excluding steroid dienone is 14.